The van der Waals surface area contributed by atoms with Gasteiger partial charge in [0.05, 0.1) is 0 Å². The molecule has 1 aromatic heterocycles. The number of aromatic nitrogens is 1. The van der Waals surface area contributed by atoms with E-state index in [1.54, 1.807) is 0 Å². The van der Waals surface area contributed by atoms with Crippen molar-refractivity contribution in [2.24, 2.45) is 0 Å². The molecule has 0 aliphatic heterocycles. The number of anilines is 1. The van der Waals surface area contributed by atoms with Crippen molar-refractivity contribution in [2.45, 2.75) is 45.1 Å². The van der Waals surface area contributed by atoms with Gasteiger partial charge in [-0.1, -0.05) is 25.3 Å². The first-order valence-electron chi connectivity index (χ1n) is 6.57. The lowest BCUT2D eigenvalue weighted by molar-refractivity contribution is 0.416. The van der Waals surface area contributed by atoms with E-state index in [-0.39, 0.29) is 0 Å². The molecule has 0 saturated heterocycles. The summed E-state index contributed by atoms with van der Waals surface area (Å²) in [5.74, 6) is 1.77. The maximum Gasteiger partial charge on any atom is 0.129 e. The van der Waals surface area contributed by atoms with Gasteiger partial charge in [0.15, 0.2) is 0 Å². The molecule has 2 nitrogen and oxygen atoms in total. The van der Waals surface area contributed by atoms with Gasteiger partial charge in [0.1, 0.15) is 5.82 Å². The van der Waals surface area contributed by atoms with Crippen LogP contribution in [0, 0.1) is 6.92 Å². The number of hydrogen-bond donors (Lipinski definition) is 0. The Bertz CT molecular complexity index is 348. The minimum atomic E-state index is 0.636. The first kappa shape index (κ1) is 12.7. The Hall–Kier alpha value is -0.760. The van der Waals surface area contributed by atoms with Crippen molar-refractivity contribution in [2.75, 3.05) is 17.3 Å². The van der Waals surface area contributed by atoms with E-state index >= 15 is 0 Å². The summed E-state index contributed by atoms with van der Waals surface area (Å²) in [5.41, 5.74) is 1.08. The Kier molecular flexibility index (Phi) is 4.66. The molecule has 3 heteroatoms. The van der Waals surface area contributed by atoms with Crippen LogP contribution < -0.4 is 4.90 Å². The highest BCUT2D eigenvalue weighted by molar-refractivity contribution is 6.18. The molecule has 1 heterocycles. The molecule has 0 spiro atoms. The van der Waals surface area contributed by atoms with Crippen LogP contribution in [0.1, 0.15) is 37.8 Å². The fourth-order valence-electron chi connectivity index (χ4n) is 2.66. The Morgan fingerprint density at radius 3 is 2.71 bits per heavy atom. The van der Waals surface area contributed by atoms with Gasteiger partial charge in [-0.15, -0.1) is 11.6 Å². The second-order valence-electron chi connectivity index (χ2n) is 4.81. The fourth-order valence-corrected chi connectivity index (χ4v) is 2.84. The predicted molar refractivity (Wildman–Crippen MR) is 73.9 cm³/mol. The van der Waals surface area contributed by atoms with Crippen LogP contribution in [0.5, 0.6) is 0 Å². The van der Waals surface area contributed by atoms with Gasteiger partial charge in [-0.2, -0.15) is 0 Å². The number of halogens is 1. The molecule has 1 aromatic rings. The largest absolute Gasteiger partial charge is 0.352 e. The van der Waals surface area contributed by atoms with E-state index < -0.39 is 0 Å². The Morgan fingerprint density at radius 1 is 1.29 bits per heavy atom. The molecule has 1 aliphatic rings. The van der Waals surface area contributed by atoms with Crippen molar-refractivity contribution in [3.05, 3.63) is 23.9 Å². The molecule has 1 aliphatic carbocycles. The number of alkyl halides is 1. The number of aryl methyl sites for hydroxylation is 1. The lowest BCUT2D eigenvalue weighted by Gasteiger charge is -2.35. The van der Waals surface area contributed by atoms with Crippen LogP contribution in [-0.4, -0.2) is 23.5 Å². The highest BCUT2D eigenvalue weighted by Crippen LogP contribution is 2.26. The smallest absolute Gasteiger partial charge is 0.129 e. The summed E-state index contributed by atoms with van der Waals surface area (Å²) in [7, 11) is 0. The summed E-state index contributed by atoms with van der Waals surface area (Å²) >= 11 is 5.94. The van der Waals surface area contributed by atoms with Gasteiger partial charge in [0.2, 0.25) is 0 Å². The maximum absolute atomic E-state index is 5.94. The molecule has 1 fully saturated rings. The SMILES string of the molecule is Cc1cccc(N(CCCl)C2CCCCC2)n1. The van der Waals surface area contributed by atoms with E-state index in [9.17, 15) is 0 Å². The van der Waals surface area contributed by atoms with E-state index in [2.05, 4.69) is 22.0 Å². The van der Waals surface area contributed by atoms with Crippen LogP contribution in [0.15, 0.2) is 18.2 Å². The van der Waals surface area contributed by atoms with E-state index in [4.69, 9.17) is 11.6 Å². The zero-order valence-corrected chi connectivity index (χ0v) is 11.3. The highest BCUT2D eigenvalue weighted by atomic mass is 35.5. The standard InChI is InChI=1S/C14H21ClN2/c1-12-6-5-9-14(16-12)17(11-10-15)13-7-3-2-4-8-13/h5-6,9,13H,2-4,7-8,10-11H2,1H3. The van der Waals surface area contributed by atoms with Crippen LogP contribution in [-0.2, 0) is 0 Å². The molecular formula is C14H21ClN2. The first-order valence-corrected chi connectivity index (χ1v) is 7.11. The molecule has 1 saturated carbocycles. The first-order chi connectivity index (χ1) is 8.31. The molecule has 94 valence electrons. The second kappa shape index (κ2) is 6.25. The topological polar surface area (TPSA) is 16.1 Å². The van der Waals surface area contributed by atoms with E-state index in [0.717, 1.165) is 18.1 Å². The fraction of sp³-hybridized carbons (Fsp3) is 0.643. The highest BCUT2D eigenvalue weighted by Gasteiger charge is 2.21. The van der Waals surface area contributed by atoms with Gasteiger partial charge >= 0.3 is 0 Å². The zero-order chi connectivity index (χ0) is 12.1. The minimum Gasteiger partial charge on any atom is -0.352 e. The van der Waals surface area contributed by atoms with Crippen molar-refractivity contribution in [1.82, 2.24) is 4.98 Å². The summed E-state index contributed by atoms with van der Waals surface area (Å²) in [4.78, 5) is 7.04. The van der Waals surface area contributed by atoms with Crippen molar-refractivity contribution in [3.63, 3.8) is 0 Å². The van der Waals surface area contributed by atoms with E-state index in [1.807, 2.05) is 13.0 Å². The normalized spacial score (nSPS) is 17.1. The van der Waals surface area contributed by atoms with Gasteiger partial charge in [-0.25, -0.2) is 4.98 Å². The molecule has 0 atom stereocenters. The van der Waals surface area contributed by atoms with Crippen LogP contribution >= 0.6 is 11.6 Å². The third kappa shape index (κ3) is 3.35. The van der Waals surface area contributed by atoms with E-state index in [1.165, 1.54) is 32.1 Å². The van der Waals surface area contributed by atoms with Crippen LogP contribution in [0.3, 0.4) is 0 Å². The third-order valence-electron chi connectivity index (χ3n) is 3.51. The summed E-state index contributed by atoms with van der Waals surface area (Å²) in [6.45, 7) is 2.95. The zero-order valence-electron chi connectivity index (χ0n) is 10.5. The maximum atomic E-state index is 5.94. The summed E-state index contributed by atoms with van der Waals surface area (Å²) in [6, 6.07) is 6.87. The second-order valence-corrected chi connectivity index (χ2v) is 5.19. The third-order valence-corrected chi connectivity index (χ3v) is 3.68. The van der Waals surface area contributed by atoms with Crippen molar-refractivity contribution in [1.29, 1.82) is 0 Å². The molecule has 17 heavy (non-hydrogen) atoms. The quantitative estimate of drug-likeness (QED) is 0.759. The summed E-state index contributed by atoms with van der Waals surface area (Å²) in [6.07, 6.45) is 6.63. The van der Waals surface area contributed by atoms with E-state index in [0.29, 0.717) is 11.9 Å². The summed E-state index contributed by atoms with van der Waals surface area (Å²) in [5, 5.41) is 0. The minimum absolute atomic E-state index is 0.636. The van der Waals surface area contributed by atoms with Gasteiger partial charge < -0.3 is 4.90 Å². The van der Waals surface area contributed by atoms with Crippen LogP contribution in [0.2, 0.25) is 0 Å². The van der Waals surface area contributed by atoms with Gasteiger partial charge in [0.25, 0.3) is 0 Å². The van der Waals surface area contributed by atoms with Crippen LogP contribution in [0.4, 0.5) is 5.82 Å². The van der Waals surface area contributed by atoms with Crippen molar-refractivity contribution in [3.8, 4) is 0 Å². The van der Waals surface area contributed by atoms with Gasteiger partial charge in [-0.05, 0) is 31.9 Å². The molecule has 0 unspecified atom stereocenters. The number of pyridine rings is 1. The predicted octanol–water partition coefficient (Wildman–Crippen LogP) is 3.77. The number of rotatable bonds is 4. The Balaban J connectivity index is 2.15. The average Bonchev–Trinajstić information content (AvgIpc) is 2.37. The lowest BCUT2D eigenvalue weighted by Crippen LogP contribution is -2.38. The van der Waals surface area contributed by atoms with Crippen molar-refractivity contribution < 1.29 is 0 Å². The molecule has 0 aromatic carbocycles. The van der Waals surface area contributed by atoms with Gasteiger partial charge in [-0.3, -0.25) is 0 Å². The van der Waals surface area contributed by atoms with Gasteiger partial charge in [0, 0.05) is 24.2 Å². The average molecular weight is 253 g/mol. The monoisotopic (exact) mass is 252 g/mol. The Morgan fingerprint density at radius 2 is 2.06 bits per heavy atom. The Labute approximate surface area is 109 Å². The molecule has 0 amide bonds. The molecule has 0 radical (unpaired) electrons. The molecule has 0 bridgehead atoms. The van der Waals surface area contributed by atoms with Crippen molar-refractivity contribution >= 4 is 17.4 Å². The van der Waals surface area contributed by atoms with Crippen LogP contribution in [0.25, 0.3) is 0 Å². The number of nitrogens with zero attached hydrogens (tertiary/aromatic N) is 2. The number of hydrogen-bond acceptors (Lipinski definition) is 2. The molecular weight excluding hydrogens is 232 g/mol. The summed E-state index contributed by atoms with van der Waals surface area (Å²) < 4.78 is 0. The lowest BCUT2D eigenvalue weighted by atomic mass is 9.94. The molecule has 0 N–H and O–H groups in total. The molecule has 2 rings (SSSR count).